The molecule has 0 spiro atoms. The third-order valence-corrected chi connectivity index (χ3v) is 5.96. The van der Waals surface area contributed by atoms with Gasteiger partial charge in [-0.05, 0) is 26.7 Å². The molecule has 0 aromatic carbocycles. The molecule has 10 heteroatoms. The SMILES string of the molecule is Cn1cc(S(=O)(=O)Nc2nc(OCCC(C)(C)O)cc(C3CCCC3)n2)cn1. The van der Waals surface area contributed by atoms with Crippen LogP contribution in [0, 0.1) is 0 Å². The van der Waals surface area contributed by atoms with Crippen molar-refractivity contribution in [3.63, 3.8) is 0 Å². The average Bonchev–Trinajstić information content (AvgIpc) is 3.24. The van der Waals surface area contributed by atoms with Crippen LogP contribution < -0.4 is 9.46 Å². The number of anilines is 1. The van der Waals surface area contributed by atoms with Crippen molar-refractivity contribution >= 4 is 16.0 Å². The van der Waals surface area contributed by atoms with Crippen LogP contribution in [0.25, 0.3) is 0 Å². The van der Waals surface area contributed by atoms with Crippen molar-refractivity contribution < 1.29 is 18.3 Å². The summed E-state index contributed by atoms with van der Waals surface area (Å²) in [6.45, 7) is 3.67. The van der Waals surface area contributed by atoms with E-state index in [1.807, 2.05) is 0 Å². The van der Waals surface area contributed by atoms with Crippen LogP contribution in [0.2, 0.25) is 0 Å². The number of aliphatic hydroxyl groups is 1. The van der Waals surface area contributed by atoms with E-state index in [2.05, 4.69) is 19.8 Å². The molecule has 28 heavy (non-hydrogen) atoms. The van der Waals surface area contributed by atoms with Crippen molar-refractivity contribution in [2.75, 3.05) is 11.3 Å². The van der Waals surface area contributed by atoms with E-state index in [4.69, 9.17) is 4.74 Å². The summed E-state index contributed by atoms with van der Waals surface area (Å²) in [5, 5.41) is 13.7. The third kappa shape index (κ3) is 5.41. The third-order valence-electron chi connectivity index (χ3n) is 4.68. The Morgan fingerprint density at radius 3 is 2.64 bits per heavy atom. The monoisotopic (exact) mass is 409 g/mol. The van der Waals surface area contributed by atoms with Crippen LogP contribution >= 0.6 is 0 Å². The standard InChI is InChI=1S/C18H27N5O4S/c1-18(2,24)8-9-27-16-10-15(13-6-4-5-7-13)20-17(21-16)22-28(25,26)14-11-19-23(3)12-14/h10-13,24H,4-9H2,1-3H3,(H,20,21,22). The highest BCUT2D eigenvalue weighted by Crippen LogP contribution is 2.34. The largest absolute Gasteiger partial charge is 0.477 e. The van der Waals surface area contributed by atoms with Crippen molar-refractivity contribution in [3.05, 3.63) is 24.2 Å². The average molecular weight is 410 g/mol. The first kappa shape index (κ1) is 20.5. The Bertz CT molecular complexity index is 914. The van der Waals surface area contributed by atoms with Crippen molar-refractivity contribution in [2.24, 2.45) is 7.05 Å². The topological polar surface area (TPSA) is 119 Å². The Morgan fingerprint density at radius 2 is 2.04 bits per heavy atom. The van der Waals surface area contributed by atoms with Crippen LogP contribution in [0.1, 0.15) is 57.6 Å². The second kappa shape index (κ2) is 8.04. The number of aromatic nitrogens is 4. The van der Waals surface area contributed by atoms with Gasteiger partial charge < -0.3 is 9.84 Å². The van der Waals surface area contributed by atoms with Crippen molar-refractivity contribution in [1.82, 2.24) is 19.7 Å². The molecule has 0 saturated heterocycles. The molecular formula is C18H27N5O4S. The number of sulfonamides is 1. The van der Waals surface area contributed by atoms with E-state index in [1.54, 1.807) is 27.0 Å². The number of ether oxygens (including phenoxy) is 1. The minimum atomic E-state index is -3.85. The van der Waals surface area contributed by atoms with Gasteiger partial charge in [0.1, 0.15) is 4.90 Å². The highest BCUT2D eigenvalue weighted by molar-refractivity contribution is 7.92. The highest BCUT2D eigenvalue weighted by Gasteiger charge is 2.23. The van der Waals surface area contributed by atoms with E-state index in [-0.39, 0.29) is 23.4 Å². The fraction of sp³-hybridized carbons (Fsp3) is 0.611. The summed E-state index contributed by atoms with van der Waals surface area (Å²) in [5.74, 6) is 0.540. The van der Waals surface area contributed by atoms with Gasteiger partial charge in [0, 0.05) is 31.6 Å². The summed E-state index contributed by atoms with van der Waals surface area (Å²) in [6, 6.07) is 1.77. The van der Waals surface area contributed by atoms with E-state index in [0.29, 0.717) is 12.3 Å². The molecule has 0 aliphatic heterocycles. The zero-order valence-corrected chi connectivity index (χ0v) is 17.2. The smallest absolute Gasteiger partial charge is 0.267 e. The molecule has 1 aliphatic carbocycles. The Kier molecular flexibility index (Phi) is 5.90. The number of hydrogen-bond acceptors (Lipinski definition) is 7. The van der Waals surface area contributed by atoms with Crippen LogP contribution in [-0.2, 0) is 17.1 Å². The second-order valence-electron chi connectivity index (χ2n) is 7.80. The van der Waals surface area contributed by atoms with Gasteiger partial charge in [-0.3, -0.25) is 4.68 Å². The van der Waals surface area contributed by atoms with Gasteiger partial charge in [-0.2, -0.15) is 10.1 Å². The molecule has 1 saturated carbocycles. The normalized spacial score (nSPS) is 15.7. The highest BCUT2D eigenvalue weighted by atomic mass is 32.2. The van der Waals surface area contributed by atoms with E-state index in [1.165, 1.54) is 17.1 Å². The first-order chi connectivity index (χ1) is 13.1. The molecule has 2 N–H and O–H groups in total. The van der Waals surface area contributed by atoms with Gasteiger partial charge in [0.25, 0.3) is 10.0 Å². The maximum Gasteiger partial charge on any atom is 0.267 e. The summed E-state index contributed by atoms with van der Waals surface area (Å²) >= 11 is 0. The van der Waals surface area contributed by atoms with Crippen LogP contribution in [0.5, 0.6) is 5.88 Å². The number of aryl methyl sites for hydroxylation is 1. The Hall–Kier alpha value is -2.20. The fourth-order valence-electron chi connectivity index (χ4n) is 3.12. The summed E-state index contributed by atoms with van der Waals surface area (Å²) in [5.41, 5.74) is -0.0823. The lowest BCUT2D eigenvalue weighted by molar-refractivity contribution is 0.0547. The van der Waals surface area contributed by atoms with Gasteiger partial charge in [-0.1, -0.05) is 12.8 Å². The fourth-order valence-corrected chi connectivity index (χ4v) is 4.04. The van der Waals surface area contributed by atoms with Crippen LogP contribution in [-0.4, -0.2) is 45.5 Å². The molecule has 3 rings (SSSR count). The van der Waals surface area contributed by atoms with Crippen LogP contribution in [0.4, 0.5) is 5.95 Å². The van der Waals surface area contributed by atoms with Crippen molar-refractivity contribution in [3.8, 4) is 5.88 Å². The lowest BCUT2D eigenvalue weighted by Gasteiger charge is -2.18. The van der Waals surface area contributed by atoms with Gasteiger partial charge in [0.05, 0.1) is 24.1 Å². The van der Waals surface area contributed by atoms with Crippen molar-refractivity contribution in [2.45, 2.75) is 62.4 Å². The van der Waals surface area contributed by atoms with Gasteiger partial charge in [-0.15, -0.1) is 0 Å². The van der Waals surface area contributed by atoms with Gasteiger partial charge in [0.15, 0.2) is 0 Å². The molecule has 1 fully saturated rings. The molecule has 0 amide bonds. The molecule has 154 valence electrons. The molecule has 0 unspecified atom stereocenters. The first-order valence-electron chi connectivity index (χ1n) is 9.38. The van der Waals surface area contributed by atoms with E-state index >= 15 is 0 Å². The lowest BCUT2D eigenvalue weighted by atomic mass is 10.0. The Labute approximate surface area is 165 Å². The molecule has 2 aromatic rings. The van der Waals surface area contributed by atoms with E-state index in [9.17, 15) is 13.5 Å². The number of rotatable bonds is 8. The lowest BCUT2D eigenvalue weighted by Crippen LogP contribution is -2.22. The first-order valence-corrected chi connectivity index (χ1v) is 10.9. The minimum Gasteiger partial charge on any atom is -0.477 e. The van der Waals surface area contributed by atoms with Gasteiger partial charge in [-0.25, -0.2) is 18.1 Å². The molecule has 2 heterocycles. The van der Waals surface area contributed by atoms with E-state index < -0.39 is 15.6 Å². The predicted octanol–water partition coefficient (Wildman–Crippen LogP) is 2.21. The molecule has 1 aliphatic rings. The molecule has 0 bridgehead atoms. The molecule has 2 aromatic heterocycles. The minimum absolute atomic E-state index is 0.0217. The summed E-state index contributed by atoms with van der Waals surface area (Å²) in [6.07, 6.45) is 7.37. The molecule has 0 atom stereocenters. The Balaban J connectivity index is 1.84. The van der Waals surface area contributed by atoms with E-state index in [0.717, 1.165) is 31.4 Å². The molecule has 9 nitrogen and oxygen atoms in total. The number of hydrogen-bond donors (Lipinski definition) is 2. The van der Waals surface area contributed by atoms with Gasteiger partial charge in [0.2, 0.25) is 11.8 Å². The Morgan fingerprint density at radius 1 is 1.32 bits per heavy atom. The number of nitrogens with one attached hydrogen (secondary N) is 1. The number of nitrogens with zero attached hydrogens (tertiary/aromatic N) is 4. The summed E-state index contributed by atoms with van der Waals surface area (Å²) in [7, 11) is -2.20. The van der Waals surface area contributed by atoms with Gasteiger partial charge >= 0.3 is 0 Å². The zero-order valence-electron chi connectivity index (χ0n) is 16.4. The summed E-state index contributed by atoms with van der Waals surface area (Å²) in [4.78, 5) is 8.68. The maximum atomic E-state index is 12.6. The zero-order chi connectivity index (χ0) is 20.4. The van der Waals surface area contributed by atoms with Crippen LogP contribution in [0.3, 0.4) is 0 Å². The molecule has 0 radical (unpaired) electrons. The molecular weight excluding hydrogens is 382 g/mol. The van der Waals surface area contributed by atoms with Crippen molar-refractivity contribution in [1.29, 1.82) is 0 Å². The summed E-state index contributed by atoms with van der Waals surface area (Å²) < 4.78 is 34.7. The quantitative estimate of drug-likeness (QED) is 0.686. The van der Waals surface area contributed by atoms with Crippen LogP contribution in [0.15, 0.2) is 23.4 Å². The second-order valence-corrected chi connectivity index (χ2v) is 9.48. The maximum absolute atomic E-state index is 12.6. The predicted molar refractivity (Wildman–Crippen MR) is 104 cm³/mol.